The topological polar surface area (TPSA) is 29.1 Å². The molecule has 2 nitrogen and oxygen atoms in total. The molecule has 3 rings (SSSR count). The van der Waals surface area contributed by atoms with Crippen LogP contribution in [0.2, 0.25) is 0 Å². The Morgan fingerprint density at radius 3 is 2.42 bits per heavy atom. The number of rotatable bonds is 5. The molecule has 1 fully saturated rings. The normalized spacial score (nSPS) is 17.0. The lowest BCUT2D eigenvalue weighted by Gasteiger charge is -2.22. The second-order valence-corrected chi connectivity index (χ2v) is 9.96. The van der Waals surface area contributed by atoms with E-state index >= 15 is 0 Å². The Hall–Kier alpha value is -0.910. The van der Waals surface area contributed by atoms with E-state index in [0.717, 1.165) is 5.56 Å². The predicted octanol–water partition coefficient (Wildman–Crippen LogP) is 5.74. The van der Waals surface area contributed by atoms with Gasteiger partial charge in [0.2, 0.25) is 0 Å². The summed E-state index contributed by atoms with van der Waals surface area (Å²) in [4.78, 5) is 13.8. The largest absolute Gasteiger partial charge is 0.344 e. The molecule has 1 atom stereocenters. The maximum absolute atomic E-state index is 12.6. The maximum atomic E-state index is 12.6. The number of carbonyl (C=O) groups is 1. The van der Waals surface area contributed by atoms with E-state index in [2.05, 4.69) is 42.7 Å². The van der Waals surface area contributed by atoms with Gasteiger partial charge in [0, 0.05) is 10.4 Å². The van der Waals surface area contributed by atoms with Crippen LogP contribution in [0.15, 0.2) is 41.8 Å². The molecular weight excluding hydrogens is 354 g/mol. The number of hydrogen-bond acceptors (Lipinski definition) is 4. The van der Waals surface area contributed by atoms with Crippen molar-refractivity contribution in [2.75, 3.05) is 11.5 Å². The molecule has 2 heterocycles. The van der Waals surface area contributed by atoms with Gasteiger partial charge < -0.3 is 5.32 Å². The van der Waals surface area contributed by atoms with Gasteiger partial charge in [0.25, 0.3) is 5.91 Å². The fraction of sp³-hybridized carbons (Fsp3) is 0.421. The highest BCUT2D eigenvalue weighted by Gasteiger charge is 2.21. The van der Waals surface area contributed by atoms with Crippen molar-refractivity contribution in [1.29, 1.82) is 0 Å². The molecular formula is C19H23NOS3. The third kappa shape index (κ3) is 4.38. The minimum atomic E-state index is 0.0117. The van der Waals surface area contributed by atoms with E-state index in [0.29, 0.717) is 10.5 Å². The second-order valence-electron chi connectivity index (χ2n) is 6.26. The highest BCUT2D eigenvalue weighted by atomic mass is 32.2. The molecule has 1 aromatic heterocycles. The molecule has 2 aromatic rings. The highest BCUT2D eigenvalue weighted by Crippen LogP contribution is 2.43. The van der Waals surface area contributed by atoms with E-state index in [1.54, 1.807) is 11.3 Å². The molecule has 1 amide bonds. The van der Waals surface area contributed by atoms with Crippen LogP contribution in [0.1, 0.15) is 51.7 Å². The van der Waals surface area contributed by atoms with Gasteiger partial charge in [0.05, 0.1) is 10.6 Å². The van der Waals surface area contributed by atoms with Crippen molar-refractivity contribution >= 4 is 40.8 Å². The van der Waals surface area contributed by atoms with Crippen LogP contribution in [0.4, 0.5) is 0 Å². The van der Waals surface area contributed by atoms with Crippen LogP contribution in [0.25, 0.3) is 0 Å². The number of hydrogen-bond donors (Lipinski definition) is 1. The van der Waals surface area contributed by atoms with E-state index in [1.165, 1.54) is 28.4 Å². The molecule has 0 saturated carbocycles. The van der Waals surface area contributed by atoms with Crippen molar-refractivity contribution in [3.05, 3.63) is 57.8 Å². The van der Waals surface area contributed by atoms with Crippen molar-refractivity contribution in [2.24, 2.45) is 5.92 Å². The van der Waals surface area contributed by atoms with Crippen LogP contribution in [0.5, 0.6) is 0 Å². The summed E-state index contributed by atoms with van der Waals surface area (Å²) in [5.41, 5.74) is 2.06. The van der Waals surface area contributed by atoms with Crippen LogP contribution in [-0.2, 0) is 0 Å². The van der Waals surface area contributed by atoms with Gasteiger partial charge in [-0.15, -0.1) is 34.9 Å². The zero-order valence-electron chi connectivity index (χ0n) is 14.0. The van der Waals surface area contributed by atoms with Gasteiger partial charge in [-0.3, -0.25) is 4.79 Å². The molecule has 0 aliphatic carbocycles. The number of amides is 1. The molecule has 0 unspecified atom stereocenters. The molecule has 24 heavy (non-hydrogen) atoms. The van der Waals surface area contributed by atoms with Gasteiger partial charge in [-0.25, -0.2) is 0 Å². The van der Waals surface area contributed by atoms with Crippen LogP contribution >= 0.6 is 34.9 Å². The van der Waals surface area contributed by atoms with Crippen molar-refractivity contribution in [2.45, 2.75) is 30.9 Å². The average Bonchev–Trinajstić information content (AvgIpc) is 3.14. The lowest BCUT2D eigenvalue weighted by atomic mass is 10.0. The average molecular weight is 378 g/mol. The van der Waals surface area contributed by atoms with Crippen molar-refractivity contribution < 1.29 is 4.79 Å². The summed E-state index contributed by atoms with van der Waals surface area (Å²) in [5.74, 6) is 2.84. The Morgan fingerprint density at radius 1 is 1.12 bits per heavy atom. The van der Waals surface area contributed by atoms with Crippen molar-refractivity contribution in [3.8, 4) is 0 Å². The molecule has 5 heteroatoms. The van der Waals surface area contributed by atoms with Gasteiger partial charge in [-0.2, -0.15) is 0 Å². The van der Waals surface area contributed by atoms with Gasteiger partial charge in [-0.1, -0.05) is 32.0 Å². The molecule has 1 aromatic carbocycles. The van der Waals surface area contributed by atoms with Crippen LogP contribution < -0.4 is 5.32 Å². The zero-order valence-corrected chi connectivity index (χ0v) is 16.5. The predicted molar refractivity (Wildman–Crippen MR) is 108 cm³/mol. The number of carbonyl (C=O) groups excluding carboxylic acids is 1. The number of benzene rings is 1. The number of nitrogens with one attached hydrogen (secondary N) is 1. The summed E-state index contributed by atoms with van der Waals surface area (Å²) in [6, 6.07) is 12.4. The van der Waals surface area contributed by atoms with Crippen LogP contribution in [0, 0.1) is 5.92 Å². The standard InChI is InChI=1S/C19H23NOS3/c1-13(2)17(16-5-3-10-22-16)20-18(21)14-6-8-15(9-7-14)19-23-11-4-12-24-19/h3,5-10,13,17,19H,4,11-12H2,1-2H3,(H,20,21)/t17-/m1/s1. The summed E-state index contributed by atoms with van der Waals surface area (Å²) < 4.78 is 0.519. The van der Waals surface area contributed by atoms with Gasteiger partial charge in [0.15, 0.2) is 0 Å². The Balaban J connectivity index is 1.68. The second kappa shape index (κ2) is 8.45. The van der Waals surface area contributed by atoms with Gasteiger partial charge in [-0.05, 0) is 53.0 Å². The first-order valence-electron chi connectivity index (χ1n) is 8.32. The monoisotopic (exact) mass is 377 g/mol. The maximum Gasteiger partial charge on any atom is 0.251 e. The molecule has 128 valence electrons. The summed E-state index contributed by atoms with van der Waals surface area (Å²) in [6.07, 6.45) is 1.30. The first kappa shape index (κ1) is 17.9. The molecule has 1 aliphatic heterocycles. The third-order valence-electron chi connectivity index (χ3n) is 4.08. The zero-order chi connectivity index (χ0) is 16.9. The number of thiophene rings is 1. The van der Waals surface area contributed by atoms with Crippen molar-refractivity contribution in [1.82, 2.24) is 5.32 Å². The third-order valence-corrected chi connectivity index (χ3v) is 8.05. The summed E-state index contributed by atoms with van der Waals surface area (Å²) >= 11 is 5.71. The summed E-state index contributed by atoms with van der Waals surface area (Å²) in [5, 5.41) is 5.26. The van der Waals surface area contributed by atoms with Gasteiger partial charge in [0.1, 0.15) is 0 Å². The SMILES string of the molecule is CC(C)[C@@H](NC(=O)c1ccc(C2SCCCS2)cc1)c1cccs1. The Bertz CT molecular complexity index is 646. The van der Waals surface area contributed by atoms with Crippen LogP contribution in [0.3, 0.4) is 0 Å². The molecule has 0 spiro atoms. The Kier molecular flexibility index (Phi) is 6.31. The van der Waals surface area contributed by atoms with E-state index in [1.807, 2.05) is 41.7 Å². The van der Waals surface area contributed by atoms with E-state index in [4.69, 9.17) is 0 Å². The smallest absolute Gasteiger partial charge is 0.251 e. The fourth-order valence-electron chi connectivity index (χ4n) is 2.73. The quantitative estimate of drug-likeness (QED) is 0.720. The molecule has 0 bridgehead atoms. The molecule has 1 N–H and O–H groups in total. The minimum absolute atomic E-state index is 0.0117. The van der Waals surface area contributed by atoms with E-state index in [9.17, 15) is 4.79 Å². The lowest BCUT2D eigenvalue weighted by Crippen LogP contribution is -2.31. The Labute approximate surface area is 156 Å². The Morgan fingerprint density at radius 2 is 1.83 bits per heavy atom. The lowest BCUT2D eigenvalue weighted by molar-refractivity contribution is 0.0926. The first-order chi connectivity index (χ1) is 11.6. The molecule has 1 aliphatic rings. The highest BCUT2D eigenvalue weighted by molar-refractivity contribution is 8.16. The van der Waals surface area contributed by atoms with E-state index < -0.39 is 0 Å². The van der Waals surface area contributed by atoms with Crippen molar-refractivity contribution in [3.63, 3.8) is 0 Å². The molecule has 1 saturated heterocycles. The summed E-state index contributed by atoms with van der Waals surface area (Å²) in [6.45, 7) is 4.29. The summed E-state index contributed by atoms with van der Waals surface area (Å²) in [7, 11) is 0. The first-order valence-corrected chi connectivity index (χ1v) is 11.3. The van der Waals surface area contributed by atoms with E-state index in [-0.39, 0.29) is 11.9 Å². The van der Waals surface area contributed by atoms with Gasteiger partial charge >= 0.3 is 0 Å². The van der Waals surface area contributed by atoms with Crippen LogP contribution in [-0.4, -0.2) is 17.4 Å². The minimum Gasteiger partial charge on any atom is -0.344 e. The fourth-order valence-corrected chi connectivity index (χ4v) is 6.57. The molecule has 0 radical (unpaired) electrons. The number of thioether (sulfide) groups is 2.